The van der Waals surface area contributed by atoms with Crippen LogP contribution >= 0.6 is 35.1 Å². The normalized spacial score (nSPS) is 17.4. The molecule has 0 bridgehead atoms. The van der Waals surface area contributed by atoms with Gasteiger partial charge in [0.1, 0.15) is 0 Å². The van der Waals surface area contributed by atoms with E-state index in [0.29, 0.717) is 5.92 Å². The van der Waals surface area contributed by atoms with Gasteiger partial charge in [-0.1, -0.05) is 11.6 Å². The van der Waals surface area contributed by atoms with Gasteiger partial charge in [0.05, 0.1) is 5.02 Å². The fraction of sp³-hybridized carbons (Fsp3) is 0.538. The lowest BCUT2D eigenvalue weighted by Crippen LogP contribution is -2.26. The third-order valence-electron chi connectivity index (χ3n) is 3.27. The monoisotopic (exact) mass is 287 g/mol. The molecule has 2 rings (SSSR count). The Labute approximate surface area is 117 Å². The second kappa shape index (κ2) is 6.37. The number of benzene rings is 1. The fourth-order valence-electron chi connectivity index (χ4n) is 2.33. The highest BCUT2D eigenvalue weighted by atomic mass is 35.5. The summed E-state index contributed by atoms with van der Waals surface area (Å²) in [6.45, 7) is 2.25. The number of halogens is 1. The highest BCUT2D eigenvalue weighted by Crippen LogP contribution is 2.38. The number of thioether (sulfide) groups is 2. The van der Waals surface area contributed by atoms with Crippen LogP contribution in [0.5, 0.6) is 0 Å². The van der Waals surface area contributed by atoms with Crippen LogP contribution in [0.2, 0.25) is 5.02 Å². The zero-order valence-electron chi connectivity index (χ0n) is 10.3. The summed E-state index contributed by atoms with van der Waals surface area (Å²) < 4.78 is 0. The first-order chi connectivity index (χ1) is 8.26. The van der Waals surface area contributed by atoms with Gasteiger partial charge in [0.2, 0.25) is 0 Å². The van der Waals surface area contributed by atoms with E-state index < -0.39 is 0 Å². The summed E-state index contributed by atoms with van der Waals surface area (Å²) in [6, 6.07) is 4.50. The first-order valence-electron chi connectivity index (χ1n) is 5.88. The number of hydrogen-bond acceptors (Lipinski definition) is 3. The zero-order valence-corrected chi connectivity index (χ0v) is 12.6. The second-order valence-corrected chi connectivity index (χ2v) is 6.33. The summed E-state index contributed by atoms with van der Waals surface area (Å²) in [4.78, 5) is 2.54. The van der Waals surface area contributed by atoms with Crippen molar-refractivity contribution in [1.82, 2.24) is 5.32 Å². The Morgan fingerprint density at radius 1 is 1.18 bits per heavy atom. The minimum absolute atomic E-state index is 0.676. The highest BCUT2D eigenvalue weighted by molar-refractivity contribution is 8.01. The van der Waals surface area contributed by atoms with Crippen LogP contribution in [-0.2, 0) is 0 Å². The van der Waals surface area contributed by atoms with Crippen LogP contribution in [0.1, 0.15) is 24.3 Å². The van der Waals surface area contributed by atoms with Gasteiger partial charge in [0.25, 0.3) is 0 Å². The molecule has 0 amide bonds. The van der Waals surface area contributed by atoms with Crippen molar-refractivity contribution in [2.75, 3.05) is 25.6 Å². The lowest BCUT2D eigenvalue weighted by Gasteiger charge is -2.24. The van der Waals surface area contributed by atoms with Gasteiger partial charge in [-0.15, -0.1) is 23.5 Å². The summed E-state index contributed by atoms with van der Waals surface area (Å²) in [5.41, 5.74) is 1.42. The molecule has 0 unspecified atom stereocenters. The van der Waals surface area contributed by atoms with Crippen molar-refractivity contribution in [2.45, 2.75) is 28.6 Å². The molecular formula is C13H18ClNS2. The van der Waals surface area contributed by atoms with Crippen molar-refractivity contribution >= 4 is 35.1 Å². The van der Waals surface area contributed by atoms with E-state index in [1.807, 2.05) is 0 Å². The van der Waals surface area contributed by atoms with Crippen LogP contribution in [0, 0.1) is 0 Å². The molecule has 0 saturated carbocycles. The van der Waals surface area contributed by atoms with Crippen molar-refractivity contribution in [3.05, 3.63) is 22.7 Å². The Kier molecular flexibility index (Phi) is 5.10. The van der Waals surface area contributed by atoms with Gasteiger partial charge in [0.15, 0.2) is 0 Å². The third-order valence-corrected chi connectivity index (χ3v) is 5.42. The minimum Gasteiger partial charge on any atom is -0.317 e. The van der Waals surface area contributed by atoms with Crippen LogP contribution < -0.4 is 5.32 Å². The molecule has 1 fully saturated rings. The third kappa shape index (κ3) is 3.14. The molecule has 1 aromatic carbocycles. The number of nitrogens with one attached hydrogen (secondary N) is 1. The molecule has 17 heavy (non-hydrogen) atoms. The topological polar surface area (TPSA) is 12.0 Å². The van der Waals surface area contributed by atoms with Crippen LogP contribution in [0.15, 0.2) is 21.9 Å². The van der Waals surface area contributed by atoms with Gasteiger partial charge in [0, 0.05) is 9.79 Å². The molecule has 1 aliphatic rings. The molecule has 0 atom stereocenters. The van der Waals surface area contributed by atoms with Crippen LogP contribution in [0.25, 0.3) is 0 Å². The van der Waals surface area contributed by atoms with E-state index in [9.17, 15) is 0 Å². The Hall–Kier alpha value is 0.170. The molecule has 0 aromatic heterocycles. The molecule has 1 aromatic rings. The molecule has 1 N–H and O–H groups in total. The fourth-order valence-corrected chi connectivity index (χ4v) is 4.41. The zero-order chi connectivity index (χ0) is 12.3. The average molecular weight is 288 g/mol. The van der Waals surface area contributed by atoms with Crippen molar-refractivity contribution in [2.24, 2.45) is 0 Å². The predicted octanol–water partition coefficient (Wildman–Crippen LogP) is 4.25. The quantitative estimate of drug-likeness (QED) is 0.835. The molecule has 94 valence electrons. The van der Waals surface area contributed by atoms with E-state index in [1.165, 1.54) is 28.2 Å². The summed E-state index contributed by atoms with van der Waals surface area (Å²) in [5.74, 6) is 0.676. The molecule has 0 aliphatic carbocycles. The van der Waals surface area contributed by atoms with Crippen molar-refractivity contribution in [3.63, 3.8) is 0 Å². The van der Waals surface area contributed by atoms with E-state index in [2.05, 4.69) is 30.0 Å². The smallest absolute Gasteiger partial charge is 0.0555 e. The summed E-state index contributed by atoms with van der Waals surface area (Å²) in [7, 11) is 0. The standard InChI is InChI=1S/C13H18ClNS2/c1-16-12-8-10(7-11(14)13(12)17-2)9-3-5-15-6-4-9/h7-9,15H,3-6H2,1-2H3. The summed E-state index contributed by atoms with van der Waals surface area (Å²) in [5, 5.41) is 4.32. The maximum Gasteiger partial charge on any atom is 0.0555 e. The van der Waals surface area contributed by atoms with Gasteiger partial charge in [-0.25, -0.2) is 0 Å². The average Bonchev–Trinajstić information content (AvgIpc) is 2.38. The van der Waals surface area contributed by atoms with E-state index in [4.69, 9.17) is 11.6 Å². The molecule has 0 spiro atoms. The molecule has 1 nitrogen and oxygen atoms in total. The van der Waals surface area contributed by atoms with E-state index in [-0.39, 0.29) is 0 Å². The molecule has 1 aliphatic heterocycles. The van der Waals surface area contributed by atoms with Crippen LogP contribution in [0.3, 0.4) is 0 Å². The molecular weight excluding hydrogens is 270 g/mol. The number of hydrogen-bond donors (Lipinski definition) is 1. The number of rotatable bonds is 3. The SMILES string of the molecule is CSc1cc(C2CCNCC2)cc(Cl)c1SC. The molecule has 4 heteroatoms. The minimum atomic E-state index is 0.676. The van der Waals surface area contributed by atoms with Crippen LogP contribution in [-0.4, -0.2) is 25.6 Å². The van der Waals surface area contributed by atoms with E-state index in [1.54, 1.807) is 23.5 Å². The van der Waals surface area contributed by atoms with E-state index >= 15 is 0 Å². The lowest BCUT2D eigenvalue weighted by molar-refractivity contribution is 0.460. The lowest BCUT2D eigenvalue weighted by atomic mass is 9.90. The number of piperidine rings is 1. The molecule has 1 heterocycles. The van der Waals surface area contributed by atoms with Gasteiger partial charge < -0.3 is 5.32 Å². The maximum atomic E-state index is 6.38. The highest BCUT2D eigenvalue weighted by Gasteiger charge is 2.18. The van der Waals surface area contributed by atoms with Gasteiger partial charge in [-0.05, 0) is 62.1 Å². The van der Waals surface area contributed by atoms with Crippen molar-refractivity contribution < 1.29 is 0 Å². The first kappa shape index (κ1) is 13.6. The molecule has 1 saturated heterocycles. The van der Waals surface area contributed by atoms with Crippen LogP contribution in [0.4, 0.5) is 0 Å². The largest absolute Gasteiger partial charge is 0.317 e. The van der Waals surface area contributed by atoms with E-state index in [0.717, 1.165) is 18.1 Å². The Morgan fingerprint density at radius 2 is 1.88 bits per heavy atom. The van der Waals surface area contributed by atoms with Crippen molar-refractivity contribution in [1.29, 1.82) is 0 Å². The Morgan fingerprint density at radius 3 is 2.47 bits per heavy atom. The Bertz CT molecular complexity index is 389. The van der Waals surface area contributed by atoms with Gasteiger partial charge >= 0.3 is 0 Å². The predicted molar refractivity (Wildman–Crippen MR) is 79.9 cm³/mol. The second-order valence-electron chi connectivity index (χ2n) is 4.26. The summed E-state index contributed by atoms with van der Waals surface area (Å²) >= 11 is 9.91. The maximum absolute atomic E-state index is 6.38. The summed E-state index contributed by atoms with van der Waals surface area (Å²) in [6.07, 6.45) is 6.66. The van der Waals surface area contributed by atoms with Gasteiger partial charge in [-0.3, -0.25) is 0 Å². The van der Waals surface area contributed by atoms with Crippen molar-refractivity contribution in [3.8, 4) is 0 Å². The molecule has 0 radical (unpaired) electrons. The first-order valence-corrected chi connectivity index (χ1v) is 8.71. The van der Waals surface area contributed by atoms with Gasteiger partial charge in [-0.2, -0.15) is 0 Å². The Balaban J connectivity index is 2.31.